The summed E-state index contributed by atoms with van der Waals surface area (Å²) in [7, 11) is 0. The van der Waals surface area contributed by atoms with E-state index in [-0.39, 0.29) is 17.9 Å². The summed E-state index contributed by atoms with van der Waals surface area (Å²) in [6.45, 7) is -0.162. The smallest absolute Gasteiger partial charge is 0.166 e. The van der Waals surface area contributed by atoms with Crippen LogP contribution >= 0.6 is 15.9 Å². The first-order chi connectivity index (χ1) is 8.56. The van der Waals surface area contributed by atoms with E-state index in [1.54, 1.807) is 6.07 Å². The van der Waals surface area contributed by atoms with Gasteiger partial charge in [0.05, 0.1) is 0 Å². The number of hydrogen-bond donors (Lipinski definition) is 0. The van der Waals surface area contributed by atoms with Crippen LogP contribution in [0.4, 0.5) is 13.2 Å². The van der Waals surface area contributed by atoms with Crippen molar-refractivity contribution < 1.29 is 17.9 Å². The van der Waals surface area contributed by atoms with Gasteiger partial charge in [-0.15, -0.1) is 0 Å². The van der Waals surface area contributed by atoms with Gasteiger partial charge in [0.1, 0.15) is 18.2 Å². The topological polar surface area (TPSA) is 9.23 Å². The van der Waals surface area contributed by atoms with Crippen LogP contribution in [0.3, 0.4) is 0 Å². The Morgan fingerprint density at radius 3 is 2.39 bits per heavy atom. The lowest BCUT2D eigenvalue weighted by molar-refractivity contribution is 0.284. The molecule has 0 aromatic heterocycles. The Labute approximate surface area is 110 Å². The third-order valence-corrected chi connectivity index (χ3v) is 2.79. The molecule has 0 aliphatic heterocycles. The van der Waals surface area contributed by atoms with Crippen LogP contribution in [0, 0.1) is 17.5 Å². The third-order valence-electron chi connectivity index (χ3n) is 2.29. The Kier molecular flexibility index (Phi) is 3.91. The quantitative estimate of drug-likeness (QED) is 0.813. The molecule has 0 unspecified atom stereocenters. The summed E-state index contributed by atoms with van der Waals surface area (Å²) >= 11 is 3.11. The number of benzene rings is 2. The van der Waals surface area contributed by atoms with Crippen molar-refractivity contribution in [3.63, 3.8) is 0 Å². The Hall–Kier alpha value is -1.49. The van der Waals surface area contributed by atoms with Crippen molar-refractivity contribution in [1.29, 1.82) is 0 Å². The maximum atomic E-state index is 13.4. The molecule has 0 aliphatic carbocycles. The molecule has 18 heavy (non-hydrogen) atoms. The second-order valence-electron chi connectivity index (χ2n) is 3.60. The van der Waals surface area contributed by atoms with E-state index in [1.807, 2.05) is 0 Å². The highest BCUT2D eigenvalue weighted by Gasteiger charge is 2.07. The van der Waals surface area contributed by atoms with E-state index in [4.69, 9.17) is 4.74 Å². The molecule has 0 atom stereocenters. The fourth-order valence-corrected chi connectivity index (χ4v) is 1.72. The van der Waals surface area contributed by atoms with Gasteiger partial charge in [-0.3, -0.25) is 0 Å². The van der Waals surface area contributed by atoms with E-state index in [1.165, 1.54) is 18.2 Å². The minimum atomic E-state index is -0.715. The first-order valence-corrected chi connectivity index (χ1v) is 5.87. The van der Waals surface area contributed by atoms with Gasteiger partial charge < -0.3 is 4.74 Å². The lowest BCUT2D eigenvalue weighted by atomic mass is 10.2. The number of halogens is 4. The lowest BCUT2D eigenvalue weighted by Gasteiger charge is -2.08. The molecule has 1 nitrogen and oxygen atoms in total. The van der Waals surface area contributed by atoms with Crippen LogP contribution in [0.5, 0.6) is 5.75 Å². The minimum Gasteiger partial charge on any atom is -0.486 e. The van der Waals surface area contributed by atoms with Crippen LogP contribution in [-0.4, -0.2) is 0 Å². The van der Waals surface area contributed by atoms with Crippen LogP contribution in [-0.2, 0) is 6.61 Å². The lowest BCUT2D eigenvalue weighted by Crippen LogP contribution is -2.00. The Morgan fingerprint density at radius 2 is 1.72 bits per heavy atom. The molecule has 0 radical (unpaired) electrons. The zero-order chi connectivity index (χ0) is 13.1. The molecule has 2 aromatic carbocycles. The molecule has 0 aliphatic rings. The molecule has 0 spiro atoms. The van der Waals surface area contributed by atoms with E-state index < -0.39 is 17.5 Å². The van der Waals surface area contributed by atoms with Crippen molar-refractivity contribution in [3.05, 3.63) is 63.9 Å². The zero-order valence-corrected chi connectivity index (χ0v) is 10.7. The summed E-state index contributed by atoms with van der Waals surface area (Å²) in [6, 6.07) is 7.44. The van der Waals surface area contributed by atoms with Gasteiger partial charge in [0.15, 0.2) is 11.6 Å². The van der Waals surface area contributed by atoms with E-state index in [0.717, 1.165) is 12.1 Å². The van der Waals surface area contributed by atoms with Crippen LogP contribution in [0.25, 0.3) is 0 Å². The highest BCUT2D eigenvalue weighted by atomic mass is 79.9. The van der Waals surface area contributed by atoms with Crippen LogP contribution in [0.2, 0.25) is 0 Å². The molecule has 0 saturated heterocycles. The third kappa shape index (κ3) is 3.04. The van der Waals surface area contributed by atoms with Gasteiger partial charge in [0.25, 0.3) is 0 Å². The molecule has 0 heterocycles. The first-order valence-electron chi connectivity index (χ1n) is 5.08. The largest absolute Gasteiger partial charge is 0.486 e. The maximum absolute atomic E-state index is 13.4. The summed E-state index contributed by atoms with van der Waals surface area (Å²) in [6.07, 6.45) is 0. The molecule has 0 bridgehead atoms. The van der Waals surface area contributed by atoms with Gasteiger partial charge in [-0.1, -0.05) is 15.9 Å². The monoisotopic (exact) mass is 316 g/mol. The van der Waals surface area contributed by atoms with Crippen LogP contribution < -0.4 is 4.74 Å². The Balaban J connectivity index is 2.11. The predicted octanol–water partition coefficient (Wildman–Crippen LogP) is 4.45. The predicted molar refractivity (Wildman–Crippen MR) is 64.8 cm³/mol. The van der Waals surface area contributed by atoms with Crippen molar-refractivity contribution >= 4 is 15.9 Å². The average molecular weight is 317 g/mol. The molecule has 0 N–H and O–H groups in total. The molecule has 5 heteroatoms. The molecule has 2 rings (SSSR count). The van der Waals surface area contributed by atoms with Gasteiger partial charge in [0.2, 0.25) is 0 Å². The summed E-state index contributed by atoms with van der Waals surface area (Å²) in [5.41, 5.74) is 0.165. The number of rotatable bonds is 3. The van der Waals surface area contributed by atoms with Crippen molar-refractivity contribution in [2.45, 2.75) is 6.61 Å². The van der Waals surface area contributed by atoms with Crippen LogP contribution in [0.1, 0.15) is 5.56 Å². The van der Waals surface area contributed by atoms with Crippen molar-refractivity contribution in [3.8, 4) is 5.75 Å². The maximum Gasteiger partial charge on any atom is 0.166 e. The summed E-state index contributed by atoms with van der Waals surface area (Å²) in [5.74, 6) is -1.91. The summed E-state index contributed by atoms with van der Waals surface area (Å²) in [5, 5.41) is 0. The Morgan fingerprint density at radius 1 is 0.944 bits per heavy atom. The normalized spacial score (nSPS) is 10.4. The highest BCUT2D eigenvalue weighted by molar-refractivity contribution is 9.10. The van der Waals surface area contributed by atoms with Crippen LogP contribution in [0.15, 0.2) is 40.9 Å². The second kappa shape index (κ2) is 5.44. The van der Waals surface area contributed by atoms with E-state index in [2.05, 4.69) is 15.9 Å². The zero-order valence-electron chi connectivity index (χ0n) is 9.09. The van der Waals surface area contributed by atoms with Gasteiger partial charge in [-0.05, 0) is 30.3 Å². The minimum absolute atomic E-state index is 0.0157. The van der Waals surface area contributed by atoms with E-state index >= 15 is 0 Å². The van der Waals surface area contributed by atoms with Crippen molar-refractivity contribution in [2.24, 2.45) is 0 Å². The molecule has 2 aromatic rings. The highest BCUT2D eigenvalue weighted by Crippen LogP contribution is 2.22. The van der Waals surface area contributed by atoms with E-state index in [9.17, 15) is 13.2 Å². The molecular formula is C13H8BrF3O. The van der Waals surface area contributed by atoms with Gasteiger partial charge in [-0.2, -0.15) is 0 Å². The summed E-state index contributed by atoms with van der Waals surface area (Å²) < 4.78 is 45.1. The number of ether oxygens (including phenoxy) is 1. The summed E-state index contributed by atoms with van der Waals surface area (Å²) in [4.78, 5) is 0. The SMILES string of the molecule is Fc1ccc(COc2ccc(Br)cc2F)c(F)c1. The number of hydrogen-bond acceptors (Lipinski definition) is 1. The fourth-order valence-electron chi connectivity index (χ4n) is 1.39. The van der Waals surface area contributed by atoms with E-state index in [0.29, 0.717) is 4.47 Å². The van der Waals surface area contributed by atoms with Crippen molar-refractivity contribution in [1.82, 2.24) is 0 Å². The molecule has 94 valence electrons. The average Bonchev–Trinajstić information content (AvgIpc) is 2.30. The second-order valence-corrected chi connectivity index (χ2v) is 4.51. The standard InChI is InChI=1S/C13H8BrF3O/c14-9-2-4-13(12(17)5-9)18-7-8-1-3-10(15)6-11(8)16/h1-6H,7H2. The van der Waals surface area contributed by atoms with Gasteiger partial charge >= 0.3 is 0 Å². The molecule has 0 fully saturated rings. The fraction of sp³-hybridized carbons (Fsp3) is 0.0769. The van der Waals surface area contributed by atoms with Gasteiger partial charge in [-0.25, -0.2) is 13.2 Å². The van der Waals surface area contributed by atoms with Gasteiger partial charge in [0, 0.05) is 16.1 Å². The molecule has 0 amide bonds. The molecule has 0 saturated carbocycles. The Bertz CT molecular complexity index is 521. The first kappa shape index (κ1) is 13.0. The molecular weight excluding hydrogens is 309 g/mol. The van der Waals surface area contributed by atoms with Crippen molar-refractivity contribution in [2.75, 3.05) is 0 Å².